The highest BCUT2D eigenvalue weighted by Crippen LogP contribution is 2.18. The van der Waals surface area contributed by atoms with Crippen molar-refractivity contribution in [2.24, 2.45) is 5.92 Å². The van der Waals surface area contributed by atoms with Gasteiger partial charge < -0.3 is 25.7 Å². The molecule has 9 heteroatoms. The van der Waals surface area contributed by atoms with E-state index in [4.69, 9.17) is 4.74 Å². The third-order valence-electron chi connectivity index (χ3n) is 5.08. The zero-order valence-electron chi connectivity index (χ0n) is 17.0. The van der Waals surface area contributed by atoms with Crippen LogP contribution in [0.2, 0.25) is 0 Å². The molecule has 2 atom stereocenters. The summed E-state index contributed by atoms with van der Waals surface area (Å²) in [5.74, 6) is -2.15. The van der Waals surface area contributed by atoms with Crippen molar-refractivity contribution < 1.29 is 23.9 Å². The first-order chi connectivity index (χ1) is 14.4. The van der Waals surface area contributed by atoms with E-state index in [1.165, 1.54) is 0 Å². The molecular weight excluding hydrogens is 388 g/mol. The second-order valence-corrected chi connectivity index (χ2v) is 7.58. The number of alkyl carbamates (subject to hydrolysis) is 1. The first-order valence-electron chi connectivity index (χ1n) is 9.97. The SMILES string of the molecule is CC(C)C(NC(=O)OCCc1c[nH]c2ccccc12)C(=O)NC1CCNC(=O)C1=O. The van der Waals surface area contributed by atoms with Crippen molar-refractivity contribution >= 4 is 34.6 Å². The first-order valence-corrected chi connectivity index (χ1v) is 9.97. The van der Waals surface area contributed by atoms with Crippen LogP contribution in [0.4, 0.5) is 4.79 Å². The van der Waals surface area contributed by atoms with Crippen LogP contribution in [0.3, 0.4) is 0 Å². The fourth-order valence-electron chi connectivity index (χ4n) is 3.40. The number of nitrogens with one attached hydrogen (secondary N) is 4. The molecule has 1 aromatic heterocycles. The van der Waals surface area contributed by atoms with E-state index in [9.17, 15) is 19.2 Å². The van der Waals surface area contributed by atoms with Crippen LogP contribution in [-0.2, 0) is 25.5 Å². The van der Waals surface area contributed by atoms with Gasteiger partial charge in [0.2, 0.25) is 11.7 Å². The summed E-state index contributed by atoms with van der Waals surface area (Å²) in [5.41, 5.74) is 2.05. The number of aromatic amines is 1. The molecule has 2 aromatic rings. The Kier molecular flexibility index (Phi) is 6.71. The molecule has 2 unspecified atom stereocenters. The first kappa shape index (κ1) is 21.4. The van der Waals surface area contributed by atoms with Crippen LogP contribution in [0, 0.1) is 5.92 Å². The van der Waals surface area contributed by atoms with E-state index in [1.54, 1.807) is 13.8 Å². The van der Waals surface area contributed by atoms with Crippen molar-refractivity contribution in [3.05, 3.63) is 36.0 Å². The van der Waals surface area contributed by atoms with E-state index >= 15 is 0 Å². The van der Waals surface area contributed by atoms with Crippen LogP contribution in [-0.4, -0.2) is 53.9 Å². The maximum Gasteiger partial charge on any atom is 0.407 e. The highest BCUT2D eigenvalue weighted by Gasteiger charge is 2.33. The second-order valence-electron chi connectivity index (χ2n) is 7.58. The number of aromatic nitrogens is 1. The Bertz CT molecular complexity index is 952. The van der Waals surface area contributed by atoms with Gasteiger partial charge in [0.15, 0.2) is 0 Å². The van der Waals surface area contributed by atoms with Gasteiger partial charge in [0, 0.05) is 30.1 Å². The number of H-pyrrole nitrogens is 1. The van der Waals surface area contributed by atoms with Gasteiger partial charge in [-0.3, -0.25) is 14.4 Å². The maximum atomic E-state index is 12.6. The molecule has 3 amide bonds. The van der Waals surface area contributed by atoms with Gasteiger partial charge in [-0.25, -0.2) is 4.79 Å². The molecular formula is C21H26N4O5. The molecule has 9 nitrogen and oxygen atoms in total. The minimum absolute atomic E-state index is 0.154. The van der Waals surface area contributed by atoms with E-state index < -0.39 is 35.8 Å². The largest absolute Gasteiger partial charge is 0.449 e. The number of Topliss-reactive ketones (excluding diaryl/α,β-unsaturated/α-hetero) is 1. The Morgan fingerprint density at radius 2 is 2.00 bits per heavy atom. The van der Waals surface area contributed by atoms with Crippen LogP contribution in [0.25, 0.3) is 10.9 Å². The second kappa shape index (κ2) is 9.43. The highest BCUT2D eigenvalue weighted by molar-refractivity contribution is 6.39. The van der Waals surface area contributed by atoms with Crippen molar-refractivity contribution in [3.63, 3.8) is 0 Å². The van der Waals surface area contributed by atoms with E-state index in [0.717, 1.165) is 16.5 Å². The van der Waals surface area contributed by atoms with Crippen LogP contribution in [0.5, 0.6) is 0 Å². The molecule has 3 rings (SSSR count). The molecule has 2 heterocycles. The predicted octanol–water partition coefficient (Wildman–Crippen LogP) is 1.04. The summed E-state index contributed by atoms with van der Waals surface area (Å²) in [6.45, 7) is 4.00. The molecule has 0 saturated carbocycles. The summed E-state index contributed by atoms with van der Waals surface area (Å²) in [6.07, 6.45) is 2.02. The molecule has 0 bridgehead atoms. The van der Waals surface area contributed by atoms with Crippen molar-refractivity contribution in [3.8, 4) is 0 Å². The van der Waals surface area contributed by atoms with Gasteiger partial charge >= 0.3 is 6.09 Å². The highest BCUT2D eigenvalue weighted by atomic mass is 16.5. The van der Waals surface area contributed by atoms with Gasteiger partial charge in [0.05, 0.1) is 12.6 Å². The molecule has 1 aliphatic rings. The van der Waals surface area contributed by atoms with Crippen molar-refractivity contribution in [2.45, 2.75) is 38.8 Å². The Morgan fingerprint density at radius 1 is 1.23 bits per heavy atom. The number of hydrogen-bond acceptors (Lipinski definition) is 5. The fraction of sp³-hybridized carbons (Fsp3) is 0.429. The number of ether oxygens (including phenoxy) is 1. The lowest BCUT2D eigenvalue weighted by Gasteiger charge is -2.26. The number of carbonyl (C=O) groups is 4. The summed E-state index contributed by atoms with van der Waals surface area (Å²) in [5, 5.41) is 8.62. The lowest BCUT2D eigenvalue weighted by Crippen LogP contribution is -2.58. The molecule has 30 heavy (non-hydrogen) atoms. The molecule has 1 aliphatic heterocycles. The number of ketones is 1. The van der Waals surface area contributed by atoms with Gasteiger partial charge in [0.25, 0.3) is 5.91 Å². The number of fused-ring (bicyclic) bond motifs is 1. The number of para-hydroxylation sites is 1. The summed E-state index contributed by atoms with van der Waals surface area (Å²) in [7, 11) is 0. The number of hydrogen-bond donors (Lipinski definition) is 4. The summed E-state index contributed by atoms with van der Waals surface area (Å²) >= 11 is 0. The molecule has 1 fully saturated rings. The third kappa shape index (κ3) is 4.97. The van der Waals surface area contributed by atoms with Gasteiger partial charge in [0.1, 0.15) is 6.04 Å². The van der Waals surface area contributed by atoms with E-state index in [0.29, 0.717) is 19.4 Å². The lowest BCUT2D eigenvalue weighted by atomic mass is 10.0. The van der Waals surface area contributed by atoms with Crippen LogP contribution in [0.15, 0.2) is 30.5 Å². The summed E-state index contributed by atoms with van der Waals surface area (Å²) in [4.78, 5) is 51.3. The topological polar surface area (TPSA) is 129 Å². The minimum Gasteiger partial charge on any atom is -0.449 e. The number of rotatable bonds is 7. The van der Waals surface area contributed by atoms with Gasteiger partial charge in [-0.1, -0.05) is 32.0 Å². The zero-order chi connectivity index (χ0) is 21.7. The zero-order valence-corrected chi connectivity index (χ0v) is 17.0. The maximum absolute atomic E-state index is 12.6. The molecule has 1 aromatic carbocycles. The standard InChI is InChI=1S/C21H26N4O5/c1-12(2)17(19(27)24-16-7-9-22-20(28)18(16)26)25-21(29)30-10-8-13-11-23-15-6-4-3-5-14(13)15/h3-6,11-12,16-17,23H,7-10H2,1-2H3,(H,22,28)(H,24,27)(H,25,29). The molecule has 160 valence electrons. The summed E-state index contributed by atoms with van der Waals surface area (Å²) < 4.78 is 5.25. The van der Waals surface area contributed by atoms with Gasteiger partial charge in [-0.2, -0.15) is 0 Å². The lowest BCUT2D eigenvalue weighted by molar-refractivity contribution is -0.142. The monoisotopic (exact) mass is 414 g/mol. The van der Waals surface area contributed by atoms with Crippen molar-refractivity contribution in [1.29, 1.82) is 0 Å². The molecule has 0 radical (unpaired) electrons. The average Bonchev–Trinajstić information content (AvgIpc) is 3.12. The number of amides is 3. The average molecular weight is 414 g/mol. The van der Waals surface area contributed by atoms with Crippen LogP contribution >= 0.6 is 0 Å². The Hall–Kier alpha value is -3.36. The molecule has 1 saturated heterocycles. The Balaban J connectivity index is 1.51. The third-order valence-corrected chi connectivity index (χ3v) is 5.08. The Morgan fingerprint density at radius 3 is 2.77 bits per heavy atom. The smallest absolute Gasteiger partial charge is 0.407 e. The molecule has 0 aliphatic carbocycles. The summed E-state index contributed by atoms with van der Waals surface area (Å²) in [6, 6.07) is 6.08. The number of piperidine rings is 1. The van der Waals surface area contributed by atoms with E-state index in [1.807, 2.05) is 30.5 Å². The number of benzene rings is 1. The number of carbonyl (C=O) groups excluding carboxylic acids is 4. The van der Waals surface area contributed by atoms with Crippen molar-refractivity contribution in [1.82, 2.24) is 20.9 Å². The molecule has 4 N–H and O–H groups in total. The van der Waals surface area contributed by atoms with Crippen LogP contribution < -0.4 is 16.0 Å². The van der Waals surface area contributed by atoms with Crippen molar-refractivity contribution in [2.75, 3.05) is 13.2 Å². The minimum atomic E-state index is -0.886. The Labute approximate surface area is 173 Å². The quantitative estimate of drug-likeness (QED) is 0.503. The fourth-order valence-corrected chi connectivity index (χ4v) is 3.40. The van der Waals surface area contributed by atoms with Gasteiger partial charge in [-0.05, 0) is 24.0 Å². The normalized spacial score (nSPS) is 17.5. The molecule has 0 spiro atoms. The van der Waals surface area contributed by atoms with Crippen LogP contribution in [0.1, 0.15) is 25.8 Å². The van der Waals surface area contributed by atoms with E-state index in [2.05, 4.69) is 20.9 Å². The van der Waals surface area contributed by atoms with Gasteiger partial charge in [-0.15, -0.1) is 0 Å². The predicted molar refractivity (Wildman–Crippen MR) is 110 cm³/mol. The van der Waals surface area contributed by atoms with E-state index in [-0.39, 0.29) is 12.5 Å².